The second kappa shape index (κ2) is 6.81. The Morgan fingerprint density at radius 2 is 1.82 bits per heavy atom. The smallest absolute Gasteiger partial charge is 0.357 e. The monoisotopic (exact) mass is 302 g/mol. The van der Waals surface area contributed by atoms with E-state index in [0.29, 0.717) is 11.9 Å². The van der Waals surface area contributed by atoms with E-state index in [4.69, 9.17) is 11.5 Å². The second-order valence-electron chi connectivity index (χ2n) is 6.21. The van der Waals surface area contributed by atoms with Crippen LogP contribution in [0.1, 0.15) is 51.5 Å². The number of benzene rings is 1. The fourth-order valence-corrected chi connectivity index (χ4v) is 2.95. The molecule has 0 radical (unpaired) electrons. The molecule has 1 heterocycles. The minimum atomic E-state index is -0.442. The zero-order valence-corrected chi connectivity index (χ0v) is 13.9. The Morgan fingerprint density at radius 1 is 1.14 bits per heavy atom. The fraction of sp³-hybridized carbons (Fsp3) is 0.529. The van der Waals surface area contributed by atoms with Crippen molar-refractivity contribution < 1.29 is 4.58 Å². The Morgan fingerprint density at radius 3 is 2.45 bits per heavy atom. The van der Waals surface area contributed by atoms with Gasteiger partial charge >= 0.3 is 5.96 Å². The molecule has 1 aromatic carbocycles. The number of nitrogens with zero attached hydrogens (tertiary/aromatic N) is 2. The van der Waals surface area contributed by atoms with Crippen molar-refractivity contribution in [2.75, 3.05) is 0 Å². The lowest BCUT2D eigenvalue weighted by Gasteiger charge is -2.31. The first-order valence-corrected chi connectivity index (χ1v) is 8.08. The van der Waals surface area contributed by atoms with Crippen LogP contribution >= 0.6 is 0 Å². The van der Waals surface area contributed by atoms with Crippen molar-refractivity contribution in [3.8, 4) is 0 Å². The van der Waals surface area contributed by atoms with Crippen molar-refractivity contribution in [1.29, 1.82) is 0 Å². The standard InChI is InChI=1S/C17H27N5/c1-4-5-6-7-12-17(3)21-15(18)20-16(19)22(17)14-10-8-13(2)9-11-14/h8-11H,4-7,12H2,1-3H3,(H4,18,19,20,21)/p+1. The van der Waals surface area contributed by atoms with Crippen molar-refractivity contribution in [2.24, 2.45) is 16.5 Å². The van der Waals surface area contributed by atoms with Gasteiger partial charge in [0, 0.05) is 6.42 Å². The lowest BCUT2D eigenvalue weighted by atomic mass is 10.0. The largest absolute Gasteiger partial charge is 0.357 e. The molecule has 0 bridgehead atoms. The number of aryl methyl sites for hydroxylation is 1. The average Bonchev–Trinajstić information content (AvgIpc) is 2.45. The van der Waals surface area contributed by atoms with Crippen LogP contribution in [0.5, 0.6) is 0 Å². The molecule has 0 saturated carbocycles. The first-order valence-electron chi connectivity index (χ1n) is 8.08. The van der Waals surface area contributed by atoms with Gasteiger partial charge in [0.05, 0.1) is 0 Å². The summed E-state index contributed by atoms with van der Waals surface area (Å²) in [6.45, 7) is 6.39. The van der Waals surface area contributed by atoms with Crippen molar-refractivity contribution >= 4 is 17.6 Å². The molecule has 0 spiro atoms. The van der Waals surface area contributed by atoms with Crippen LogP contribution in [0.4, 0.5) is 5.69 Å². The number of unbranched alkanes of at least 4 members (excludes halogenated alkanes) is 3. The van der Waals surface area contributed by atoms with Crippen molar-refractivity contribution in [1.82, 2.24) is 5.32 Å². The Kier molecular flexibility index (Phi) is 5.06. The van der Waals surface area contributed by atoms with Crippen LogP contribution in [-0.2, 0) is 0 Å². The molecular formula is C17H28N5+. The topological polar surface area (TPSA) is 79.4 Å². The maximum Gasteiger partial charge on any atom is 0.357 e. The third-order valence-corrected chi connectivity index (χ3v) is 4.14. The molecule has 1 aliphatic rings. The third-order valence-electron chi connectivity index (χ3n) is 4.14. The van der Waals surface area contributed by atoms with E-state index in [1.807, 2.05) is 0 Å². The number of hydrogen-bond donors (Lipinski definition) is 3. The Labute approximate surface area is 133 Å². The number of nitrogens with two attached hydrogens (primary N) is 2. The lowest BCUT2D eigenvalue weighted by molar-refractivity contribution is -0.534. The number of aliphatic imine (C=N–C) groups is 1. The van der Waals surface area contributed by atoms with Crippen LogP contribution in [-0.4, -0.2) is 22.2 Å². The van der Waals surface area contributed by atoms with Crippen LogP contribution in [0, 0.1) is 6.92 Å². The van der Waals surface area contributed by atoms with E-state index in [-0.39, 0.29) is 0 Å². The fourth-order valence-electron chi connectivity index (χ4n) is 2.95. The Balaban J connectivity index is 2.30. The van der Waals surface area contributed by atoms with Crippen LogP contribution in [0.3, 0.4) is 0 Å². The number of guanidine groups is 2. The molecule has 5 N–H and O–H groups in total. The molecular weight excluding hydrogens is 274 g/mol. The van der Waals surface area contributed by atoms with E-state index >= 15 is 0 Å². The highest BCUT2D eigenvalue weighted by molar-refractivity contribution is 5.96. The van der Waals surface area contributed by atoms with Gasteiger partial charge in [0.2, 0.25) is 0 Å². The summed E-state index contributed by atoms with van der Waals surface area (Å²) in [5.41, 5.74) is 13.9. The van der Waals surface area contributed by atoms with Gasteiger partial charge in [0.25, 0.3) is 5.96 Å². The molecule has 5 heteroatoms. The average molecular weight is 302 g/mol. The van der Waals surface area contributed by atoms with Crippen LogP contribution < -0.4 is 16.8 Å². The van der Waals surface area contributed by atoms with E-state index in [9.17, 15) is 0 Å². The molecule has 2 rings (SSSR count). The quantitative estimate of drug-likeness (QED) is 0.558. The molecule has 22 heavy (non-hydrogen) atoms. The van der Waals surface area contributed by atoms with Gasteiger partial charge in [-0.2, -0.15) is 4.99 Å². The summed E-state index contributed by atoms with van der Waals surface area (Å²) in [6.07, 6.45) is 5.70. The zero-order valence-electron chi connectivity index (χ0n) is 13.9. The molecule has 5 nitrogen and oxygen atoms in total. The van der Waals surface area contributed by atoms with Gasteiger partial charge in [0.15, 0.2) is 5.66 Å². The highest BCUT2D eigenvalue weighted by Gasteiger charge is 2.38. The van der Waals surface area contributed by atoms with Gasteiger partial charge in [-0.1, -0.05) is 43.9 Å². The summed E-state index contributed by atoms with van der Waals surface area (Å²) < 4.78 is 2.05. The van der Waals surface area contributed by atoms with Crippen LogP contribution in [0.2, 0.25) is 0 Å². The van der Waals surface area contributed by atoms with Gasteiger partial charge in [0.1, 0.15) is 5.69 Å². The SMILES string of the molecule is CCCCCCC1(C)N=C(N)NC(N)=[N+]1c1ccc(C)cc1. The summed E-state index contributed by atoms with van der Waals surface area (Å²) in [6, 6.07) is 8.32. The first kappa shape index (κ1) is 16.3. The maximum atomic E-state index is 6.22. The molecule has 0 fully saturated rings. The molecule has 1 aliphatic heterocycles. The number of hydrogen-bond acceptors (Lipinski definition) is 4. The van der Waals surface area contributed by atoms with Crippen molar-refractivity contribution in [2.45, 2.75) is 58.5 Å². The van der Waals surface area contributed by atoms with Crippen LogP contribution in [0.15, 0.2) is 29.3 Å². The van der Waals surface area contributed by atoms with E-state index in [0.717, 1.165) is 18.5 Å². The summed E-state index contributed by atoms with van der Waals surface area (Å²) >= 11 is 0. The lowest BCUT2D eigenvalue weighted by Crippen LogP contribution is -2.56. The predicted octanol–water partition coefficient (Wildman–Crippen LogP) is 2.56. The number of nitrogens with one attached hydrogen (secondary N) is 1. The normalized spacial score (nSPS) is 21.5. The van der Waals surface area contributed by atoms with Crippen molar-refractivity contribution in [3.05, 3.63) is 29.8 Å². The molecule has 0 aromatic heterocycles. The summed E-state index contributed by atoms with van der Waals surface area (Å²) in [5, 5.41) is 2.95. The summed E-state index contributed by atoms with van der Waals surface area (Å²) in [5.74, 6) is 0.924. The van der Waals surface area contributed by atoms with E-state index in [1.165, 1.54) is 24.8 Å². The zero-order chi connectivity index (χ0) is 16.2. The van der Waals surface area contributed by atoms with Gasteiger partial charge < -0.3 is 5.73 Å². The molecule has 0 amide bonds. The molecule has 0 aliphatic carbocycles. The number of rotatable bonds is 6. The van der Waals surface area contributed by atoms with Gasteiger partial charge in [-0.25, -0.2) is 9.89 Å². The minimum Gasteiger partial charge on any atom is -0.357 e. The molecule has 1 atom stereocenters. The van der Waals surface area contributed by atoms with Crippen molar-refractivity contribution in [3.63, 3.8) is 0 Å². The molecule has 0 saturated heterocycles. The third kappa shape index (κ3) is 3.59. The van der Waals surface area contributed by atoms with E-state index in [1.54, 1.807) is 0 Å². The van der Waals surface area contributed by atoms with Crippen LogP contribution in [0.25, 0.3) is 0 Å². The molecule has 120 valence electrons. The van der Waals surface area contributed by atoms with E-state index in [2.05, 4.69) is 59.9 Å². The van der Waals surface area contributed by atoms with E-state index < -0.39 is 5.66 Å². The molecule has 1 aromatic rings. The maximum absolute atomic E-state index is 6.22. The minimum absolute atomic E-state index is 0.388. The van der Waals surface area contributed by atoms with Gasteiger partial charge in [-0.15, -0.1) is 0 Å². The Hall–Kier alpha value is -2.04. The second-order valence-corrected chi connectivity index (χ2v) is 6.21. The Bertz CT molecular complexity index is 573. The highest BCUT2D eigenvalue weighted by atomic mass is 15.4. The summed E-state index contributed by atoms with van der Waals surface area (Å²) in [7, 11) is 0. The molecule has 1 unspecified atom stereocenters. The first-order chi connectivity index (χ1) is 10.5. The predicted molar refractivity (Wildman–Crippen MR) is 92.2 cm³/mol. The highest BCUT2D eigenvalue weighted by Crippen LogP contribution is 2.29. The van der Waals surface area contributed by atoms with Gasteiger partial charge in [-0.3, -0.25) is 5.73 Å². The summed E-state index contributed by atoms with van der Waals surface area (Å²) in [4.78, 5) is 4.65. The van der Waals surface area contributed by atoms with Gasteiger partial charge in [-0.05, 0) is 32.4 Å².